The van der Waals surface area contributed by atoms with E-state index in [1.54, 1.807) is 28.0 Å². The van der Waals surface area contributed by atoms with E-state index in [4.69, 9.17) is 5.11 Å². The Hall–Kier alpha value is -1.95. The predicted octanol–water partition coefficient (Wildman–Crippen LogP) is 2.19. The lowest BCUT2D eigenvalue weighted by Crippen LogP contribution is -2.47. The number of carbonyl (C=O) groups is 2. The van der Waals surface area contributed by atoms with Crippen molar-refractivity contribution in [1.82, 2.24) is 9.80 Å². The van der Waals surface area contributed by atoms with Crippen LogP contribution in [0.25, 0.3) is 0 Å². The van der Waals surface area contributed by atoms with E-state index in [1.807, 2.05) is 6.92 Å². The summed E-state index contributed by atoms with van der Waals surface area (Å²) in [7, 11) is 0. The van der Waals surface area contributed by atoms with Gasteiger partial charge in [-0.05, 0) is 32.3 Å². The minimum absolute atomic E-state index is 0.0318. The molecule has 0 aromatic heterocycles. The van der Waals surface area contributed by atoms with E-state index < -0.39 is 0 Å². The molecule has 0 spiro atoms. The molecule has 1 fully saturated rings. The van der Waals surface area contributed by atoms with Gasteiger partial charge in [0.25, 0.3) is 0 Å². The van der Waals surface area contributed by atoms with Gasteiger partial charge < -0.3 is 14.9 Å². The highest BCUT2D eigenvalue weighted by Crippen LogP contribution is 2.22. The predicted molar refractivity (Wildman–Crippen MR) is 93.1 cm³/mol. The quantitative estimate of drug-likeness (QED) is 0.731. The second kappa shape index (κ2) is 9.51. The monoisotopic (exact) mass is 350 g/mol. The van der Waals surface area contributed by atoms with Gasteiger partial charge in [-0.25, -0.2) is 4.39 Å². The van der Waals surface area contributed by atoms with Crippen molar-refractivity contribution in [2.24, 2.45) is 5.92 Å². The fraction of sp³-hybridized carbons (Fsp3) is 0.579. The topological polar surface area (TPSA) is 60.9 Å². The zero-order chi connectivity index (χ0) is 18.2. The van der Waals surface area contributed by atoms with Crippen molar-refractivity contribution in [3.05, 3.63) is 35.6 Å². The second-order valence-corrected chi connectivity index (χ2v) is 6.45. The number of halogens is 1. The number of nitrogens with zero attached hydrogens (tertiary/aromatic N) is 2. The van der Waals surface area contributed by atoms with Crippen molar-refractivity contribution in [2.75, 3.05) is 26.2 Å². The number of carbonyl (C=O) groups excluding carboxylic acids is 2. The van der Waals surface area contributed by atoms with Gasteiger partial charge >= 0.3 is 0 Å². The normalized spacial score (nSPS) is 17.6. The van der Waals surface area contributed by atoms with Crippen LogP contribution in [0.5, 0.6) is 0 Å². The van der Waals surface area contributed by atoms with Crippen LogP contribution >= 0.6 is 0 Å². The molecule has 1 aromatic rings. The Labute approximate surface area is 148 Å². The molecule has 0 radical (unpaired) electrons. The Morgan fingerprint density at radius 2 is 2.12 bits per heavy atom. The molecule has 0 aliphatic carbocycles. The molecule has 6 heteroatoms. The number of rotatable bonds is 8. The molecule has 5 nitrogen and oxygen atoms in total. The molecule has 1 atom stereocenters. The fourth-order valence-electron chi connectivity index (χ4n) is 3.20. The van der Waals surface area contributed by atoms with Gasteiger partial charge in [-0.1, -0.05) is 18.2 Å². The van der Waals surface area contributed by atoms with Crippen LogP contribution in [0.15, 0.2) is 24.3 Å². The first kappa shape index (κ1) is 19.4. The number of aliphatic hydroxyl groups is 1. The summed E-state index contributed by atoms with van der Waals surface area (Å²) in [4.78, 5) is 28.3. The van der Waals surface area contributed by atoms with Gasteiger partial charge in [-0.3, -0.25) is 9.59 Å². The summed E-state index contributed by atoms with van der Waals surface area (Å²) in [5.74, 6) is -0.552. The summed E-state index contributed by atoms with van der Waals surface area (Å²) in [6, 6.07) is 6.41. The van der Waals surface area contributed by atoms with Gasteiger partial charge in [0, 0.05) is 44.8 Å². The Balaban J connectivity index is 1.99. The third-order valence-electron chi connectivity index (χ3n) is 4.70. The highest BCUT2D eigenvalue weighted by atomic mass is 19.1. The Kier molecular flexibility index (Phi) is 7.37. The van der Waals surface area contributed by atoms with E-state index in [0.717, 1.165) is 6.42 Å². The van der Waals surface area contributed by atoms with Gasteiger partial charge in [0.1, 0.15) is 5.82 Å². The van der Waals surface area contributed by atoms with E-state index >= 15 is 0 Å². The van der Waals surface area contributed by atoms with Crippen LogP contribution in [0.4, 0.5) is 4.39 Å². The molecule has 2 rings (SSSR count). The van der Waals surface area contributed by atoms with Crippen LogP contribution in [0.1, 0.15) is 38.2 Å². The van der Waals surface area contributed by atoms with Crippen LogP contribution in [-0.4, -0.2) is 53.0 Å². The standard InChI is InChI=1S/C19H27FN2O3/c1-2-21(11-5-6-12-23)19(25)16-9-10-18(24)22(14-16)13-15-7-3-4-8-17(15)20/h3-4,7-8,16,23H,2,5-6,9-14H2,1H3/t16-/m0/s1. The van der Waals surface area contributed by atoms with Crippen molar-refractivity contribution in [3.63, 3.8) is 0 Å². The summed E-state index contributed by atoms with van der Waals surface area (Å²) in [5, 5.41) is 8.89. The summed E-state index contributed by atoms with van der Waals surface area (Å²) in [5.41, 5.74) is 0.472. The number of unbranched alkanes of at least 4 members (excludes halogenated alkanes) is 1. The van der Waals surface area contributed by atoms with Crippen LogP contribution < -0.4 is 0 Å². The number of piperidine rings is 1. The molecular formula is C19H27FN2O3. The van der Waals surface area contributed by atoms with E-state index in [2.05, 4.69) is 0 Å². The van der Waals surface area contributed by atoms with Gasteiger partial charge in [0.05, 0.1) is 5.92 Å². The summed E-state index contributed by atoms with van der Waals surface area (Å²) >= 11 is 0. The molecule has 2 amide bonds. The summed E-state index contributed by atoms with van der Waals surface area (Å²) in [6.45, 7) is 3.83. The molecule has 1 aliphatic heterocycles. The molecule has 1 heterocycles. The zero-order valence-electron chi connectivity index (χ0n) is 14.8. The number of amides is 2. The Morgan fingerprint density at radius 3 is 2.80 bits per heavy atom. The molecule has 138 valence electrons. The molecule has 0 bridgehead atoms. The van der Waals surface area contributed by atoms with E-state index in [9.17, 15) is 14.0 Å². The highest BCUT2D eigenvalue weighted by molar-refractivity contribution is 5.83. The largest absolute Gasteiger partial charge is 0.396 e. The van der Waals surface area contributed by atoms with E-state index in [0.29, 0.717) is 44.5 Å². The van der Waals surface area contributed by atoms with Crippen LogP contribution in [0, 0.1) is 11.7 Å². The van der Waals surface area contributed by atoms with Gasteiger partial charge in [-0.2, -0.15) is 0 Å². The van der Waals surface area contributed by atoms with Gasteiger partial charge in [0.2, 0.25) is 11.8 Å². The average Bonchev–Trinajstić information content (AvgIpc) is 2.62. The molecule has 0 saturated carbocycles. The molecule has 25 heavy (non-hydrogen) atoms. The van der Waals surface area contributed by atoms with Crippen LogP contribution in [-0.2, 0) is 16.1 Å². The maximum atomic E-state index is 13.8. The number of benzene rings is 1. The van der Waals surface area contributed by atoms with Crippen molar-refractivity contribution in [2.45, 2.75) is 39.2 Å². The number of hydrogen-bond donors (Lipinski definition) is 1. The van der Waals surface area contributed by atoms with Crippen molar-refractivity contribution in [3.8, 4) is 0 Å². The first-order valence-electron chi connectivity index (χ1n) is 8.97. The third kappa shape index (κ3) is 5.26. The van der Waals surface area contributed by atoms with Crippen LogP contribution in [0.2, 0.25) is 0 Å². The molecule has 1 aromatic carbocycles. The lowest BCUT2D eigenvalue weighted by molar-refractivity contribution is -0.143. The van der Waals surface area contributed by atoms with Crippen molar-refractivity contribution in [1.29, 1.82) is 0 Å². The fourth-order valence-corrected chi connectivity index (χ4v) is 3.20. The molecular weight excluding hydrogens is 323 g/mol. The summed E-state index contributed by atoms with van der Waals surface area (Å²) in [6.07, 6.45) is 2.30. The van der Waals surface area contributed by atoms with E-state index in [1.165, 1.54) is 6.07 Å². The highest BCUT2D eigenvalue weighted by Gasteiger charge is 2.32. The van der Waals surface area contributed by atoms with Gasteiger partial charge in [0.15, 0.2) is 0 Å². The average molecular weight is 350 g/mol. The van der Waals surface area contributed by atoms with Crippen LogP contribution in [0.3, 0.4) is 0 Å². The second-order valence-electron chi connectivity index (χ2n) is 6.45. The zero-order valence-corrected chi connectivity index (χ0v) is 14.8. The molecule has 1 saturated heterocycles. The Morgan fingerprint density at radius 1 is 1.36 bits per heavy atom. The van der Waals surface area contributed by atoms with E-state index in [-0.39, 0.29) is 36.7 Å². The number of hydrogen-bond acceptors (Lipinski definition) is 3. The molecule has 1 aliphatic rings. The smallest absolute Gasteiger partial charge is 0.227 e. The van der Waals surface area contributed by atoms with Gasteiger partial charge in [-0.15, -0.1) is 0 Å². The number of likely N-dealkylation sites (tertiary alicyclic amines) is 1. The molecule has 0 unspecified atom stereocenters. The maximum Gasteiger partial charge on any atom is 0.227 e. The first-order valence-corrected chi connectivity index (χ1v) is 8.97. The lowest BCUT2D eigenvalue weighted by Gasteiger charge is -2.34. The molecule has 1 N–H and O–H groups in total. The SMILES string of the molecule is CCN(CCCCO)C(=O)[C@H]1CCC(=O)N(Cc2ccccc2F)C1. The number of aliphatic hydroxyl groups excluding tert-OH is 1. The van der Waals surface area contributed by atoms with Crippen molar-refractivity contribution < 1.29 is 19.1 Å². The maximum absolute atomic E-state index is 13.8. The first-order chi connectivity index (χ1) is 12.1. The van der Waals surface area contributed by atoms with Crippen molar-refractivity contribution >= 4 is 11.8 Å². The minimum atomic E-state index is -0.331. The summed E-state index contributed by atoms with van der Waals surface area (Å²) < 4.78 is 13.8. The lowest BCUT2D eigenvalue weighted by atomic mass is 9.95. The minimum Gasteiger partial charge on any atom is -0.396 e. The third-order valence-corrected chi connectivity index (χ3v) is 4.70. The Bertz CT molecular complexity index is 594.